The number of nitrogens with zero attached hydrogens (tertiary/aromatic N) is 1. The largest absolute Gasteiger partial charge is 0.494 e. The number of para-hydroxylation sites is 1. The third-order valence-corrected chi connectivity index (χ3v) is 4.65. The third kappa shape index (κ3) is 3.52. The summed E-state index contributed by atoms with van der Waals surface area (Å²) in [5, 5.41) is 11.4. The zero-order valence-corrected chi connectivity index (χ0v) is 15.7. The van der Waals surface area contributed by atoms with Crippen LogP contribution in [0.25, 0.3) is 10.9 Å². The number of rotatable bonds is 4. The highest BCUT2D eigenvalue weighted by molar-refractivity contribution is 6.36. The molecule has 29 heavy (non-hydrogen) atoms. The quantitative estimate of drug-likeness (QED) is 0.323. The fraction of sp³-hybridized carbons (Fsp3) is 0.0435. The molecule has 2 radical (unpaired) electrons. The second-order valence-electron chi connectivity index (χ2n) is 6.49. The van der Waals surface area contributed by atoms with Crippen LogP contribution in [-0.4, -0.2) is 36.7 Å². The Kier molecular flexibility index (Phi) is 4.91. The monoisotopic (exact) mass is 380 g/mol. The van der Waals surface area contributed by atoms with Crippen molar-refractivity contribution in [1.82, 2.24) is 4.98 Å². The molecule has 0 spiro atoms. The molecule has 0 fully saturated rings. The summed E-state index contributed by atoms with van der Waals surface area (Å²) in [5.41, 5.74) is 4.05. The Balaban J connectivity index is 1.96. The van der Waals surface area contributed by atoms with Crippen LogP contribution in [0.2, 0.25) is 0 Å². The molecule has 0 saturated heterocycles. The number of esters is 1. The number of hydrogen-bond donors (Lipinski definition) is 2. The first-order valence-electron chi connectivity index (χ1n) is 9.00. The van der Waals surface area contributed by atoms with Gasteiger partial charge in [-0.3, -0.25) is 0 Å². The van der Waals surface area contributed by atoms with Gasteiger partial charge < -0.3 is 14.8 Å². The SMILES string of the molecule is [B]c1ccccc1N=C(c1ccccc1)c1c(O)[nH]c2cc(C(=O)OC)ccc12. The maximum Gasteiger partial charge on any atom is 0.337 e. The zero-order chi connectivity index (χ0) is 20.4. The van der Waals surface area contributed by atoms with Crippen LogP contribution in [0.5, 0.6) is 5.88 Å². The van der Waals surface area contributed by atoms with Crippen molar-refractivity contribution >= 4 is 41.6 Å². The molecule has 3 aromatic carbocycles. The number of aromatic amines is 1. The summed E-state index contributed by atoms with van der Waals surface area (Å²) in [5.74, 6) is -0.490. The number of fused-ring (bicyclic) bond motifs is 1. The normalized spacial score (nSPS) is 11.6. The molecule has 1 aromatic heterocycles. The lowest BCUT2D eigenvalue weighted by Gasteiger charge is -2.09. The highest BCUT2D eigenvalue weighted by Crippen LogP contribution is 2.32. The number of hydrogen-bond acceptors (Lipinski definition) is 4. The number of ether oxygens (including phenoxy) is 1. The van der Waals surface area contributed by atoms with E-state index in [9.17, 15) is 9.90 Å². The minimum Gasteiger partial charge on any atom is -0.494 e. The fourth-order valence-corrected chi connectivity index (χ4v) is 3.24. The molecule has 5 nitrogen and oxygen atoms in total. The minimum absolute atomic E-state index is 0.0425. The van der Waals surface area contributed by atoms with E-state index in [2.05, 4.69) is 4.98 Å². The van der Waals surface area contributed by atoms with Gasteiger partial charge in [0.05, 0.1) is 29.6 Å². The summed E-state index contributed by atoms with van der Waals surface area (Å²) < 4.78 is 4.78. The van der Waals surface area contributed by atoms with Gasteiger partial charge >= 0.3 is 5.97 Å². The molecule has 2 N–H and O–H groups in total. The Labute approximate surface area is 169 Å². The Bertz CT molecular complexity index is 1230. The molecule has 0 unspecified atom stereocenters. The van der Waals surface area contributed by atoms with Crippen molar-refractivity contribution in [3.63, 3.8) is 0 Å². The second-order valence-corrected chi connectivity index (χ2v) is 6.49. The average molecular weight is 380 g/mol. The van der Waals surface area contributed by atoms with Crippen LogP contribution in [0.1, 0.15) is 21.5 Å². The van der Waals surface area contributed by atoms with Crippen molar-refractivity contribution in [2.45, 2.75) is 0 Å². The number of methoxy groups -OCH3 is 1. The summed E-state index contributed by atoms with van der Waals surface area (Å²) in [6.45, 7) is 0. The number of carbonyl (C=O) groups is 1. The van der Waals surface area contributed by atoms with Crippen molar-refractivity contribution in [2.75, 3.05) is 7.11 Å². The maximum absolute atomic E-state index is 11.8. The Morgan fingerprint density at radius 1 is 1.00 bits per heavy atom. The third-order valence-electron chi connectivity index (χ3n) is 4.65. The van der Waals surface area contributed by atoms with E-state index in [4.69, 9.17) is 17.6 Å². The van der Waals surface area contributed by atoms with Crippen LogP contribution in [0, 0.1) is 0 Å². The van der Waals surface area contributed by atoms with E-state index < -0.39 is 5.97 Å². The number of benzene rings is 3. The summed E-state index contributed by atoms with van der Waals surface area (Å²) in [6, 6.07) is 21.9. The van der Waals surface area contributed by atoms with E-state index in [0.29, 0.717) is 33.5 Å². The molecule has 0 aliphatic carbocycles. The van der Waals surface area contributed by atoms with E-state index in [1.807, 2.05) is 48.5 Å². The highest BCUT2D eigenvalue weighted by atomic mass is 16.5. The first-order chi connectivity index (χ1) is 14.1. The van der Waals surface area contributed by atoms with E-state index in [-0.39, 0.29) is 5.88 Å². The molecule has 0 saturated carbocycles. The molecule has 0 bridgehead atoms. The number of aromatic nitrogens is 1. The predicted molar refractivity (Wildman–Crippen MR) is 115 cm³/mol. The zero-order valence-electron chi connectivity index (χ0n) is 15.7. The second kappa shape index (κ2) is 7.68. The molecular weight excluding hydrogens is 363 g/mol. The summed E-state index contributed by atoms with van der Waals surface area (Å²) >= 11 is 0. The van der Waals surface area contributed by atoms with Crippen molar-refractivity contribution < 1.29 is 14.6 Å². The van der Waals surface area contributed by atoms with Crippen LogP contribution in [-0.2, 0) is 4.74 Å². The van der Waals surface area contributed by atoms with E-state index in [0.717, 1.165) is 10.9 Å². The molecule has 1 heterocycles. The van der Waals surface area contributed by atoms with Gasteiger partial charge in [-0.1, -0.05) is 60.1 Å². The van der Waals surface area contributed by atoms with Gasteiger partial charge in [-0.2, -0.15) is 0 Å². The van der Waals surface area contributed by atoms with Crippen LogP contribution in [0.15, 0.2) is 77.8 Å². The Morgan fingerprint density at radius 3 is 2.45 bits per heavy atom. The van der Waals surface area contributed by atoms with Crippen molar-refractivity contribution in [2.24, 2.45) is 4.99 Å². The lowest BCUT2D eigenvalue weighted by molar-refractivity contribution is 0.0601. The van der Waals surface area contributed by atoms with Gasteiger partial charge in [-0.25, -0.2) is 9.79 Å². The highest BCUT2D eigenvalue weighted by Gasteiger charge is 2.20. The van der Waals surface area contributed by atoms with E-state index in [1.165, 1.54) is 7.11 Å². The standard InChI is InChI=1S/C23H17BN2O3/c1-29-23(28)15-11-12-16-19(13-15)26-22(27)20(16)21(14-7-3-2-4-8-14)25-18-10-6-5-9-17(18)24/h2-13,26-27H,1H3. The Morgan fingerprint density at radius 2 is 1.72 bits per heavy atom. The molecule has 0 aliphatic rings. The fourth-order valence-electron chi connectivity index (χ4n) is 3.24. The summed E-state index contributed by atoms with van der Waals surface area (Å²) in [7, 11) is 7.42. The van der Waals surface area contributed by atoms with Crippen LogP contribution in [0.4, 0.5) is 5.69 Å². The summed E-state index contributed by atoms with van der Waals surface area (Å²) in [4.78, 5) is 19.6. The first-order valence-corrected chi connectivity index (χ1v) is 9.00. The number of carbonyl (C=O) groups excluding carboxylic acids is 1. The molecular formula is C23H17BN2O3. The van der Waals surface area contributed by atoms with Crippen LogP contribution < -0.4 is 5.46 Å². The lowest BCUT2D eigenvalue weighted by atomic mass is 9.93. The van der Waals surface area contributed by atoms with Crippen molar-refractivity contribution in [3.8, 4) is 5.88 Å². The minimum atomic E-state index is -0.448. The Hall–Kier alpha value is -3.80. The van der Waals surface area contributed by atoms with Gasteiger partial charge in [0.1, 0.15) is 7.85 Å². The van der Waals surface area contributed by atoms with E-state index in [1.54, 1.807) is 24.3 Å². The molecule has 0 amide bonds. The molecule has 4 aromatic rings. The van der Waals surface area contributed by atoms with Gasteiger partial charge in [-0.05, 0) is 18.2 Å². The van der Waals surface area contributed by atoms with Crippen LogP contribution in [0.3, 0.4) is 0 Å². The van der Waals surface area contributed by atoms with E-state index >= 15 is 0 Å². The predicted octanol–water partition coefficient (Wildman–Crippen LogP) is 3.62. The number of H-pyrrole nitrogens is 1. The first kappa shape index (κ1) is 18.6. The number of nitrogens with one attached hydrogen (secondary N) is 1. The van der Waals surface area contributed by atoms with Crippen LogP contribution >= 0.6 is 0 Å². The topological polar surface area (TPSA) is 74.7 Å². The van der Waals surface area contributed by atoms with Crippen molar-refractivity contribution in [1.29, 1.82) is 0 Å². The van der Waals surface area contributed by atoms with Gasteiger partial charge in [0.2, 0.25) is 0 Å². The molecule has 140 valence electrons. The lowest BCUT2D eigenvalue weighted by Crippen LogP contribution is -2.07. The maximum atomic E-state index is 11.8. The number of aliphatic imine (C=N–C) groups is 1. The molecule has 4 rings (SSSR count). The number of aromatic hydroxyl groups is 1. The smallest absolute Gasteiger partial charge is 0.337 e. The van der Waals surface area contributed by atoms with Gasteiger partial charge in [0.15, 0.2) is 5.88 Å². The average Bonchev–Trinajstić information content (AvgIpc) is 3.08. The summed E-state index contributed by atoms with van der Waals surface area (Å²) in [6.07, 6.45) is 0. The molecule has 0 aliphatic heterocycles. The molecule has 6 heteroatoms. The van der Waals surface area contributed by atoms with Gasteiger partial charge in [-0.15, -0.1) is 0 Å². The molecule has 0 atom stereocenters. The van der Waals surface area contributed by atoms with Crippen molar-refractivity contribution in [3.05, 3.63) is 89.5 Å². The van der Waals surface area contributed by atoms with Gasteiger partial charge in [0.25, 0.3) is 0 Å². The van der Waals surface area contributed by atoms with Gasteiger partial charge in [0, 0.05) is 16.5 Å².